The fourth-order valence-electron chi connectivity index (χ4n) is 2.00. The highest BCUT2D eigenvalue weighted by Crippen LogP contribution is 2.19. The van der Waals surface area contributed by atoms with Gasteiger partial charge in [-0.1, -0.05) is 33.2 Å². The number of nitrogens with two attached hydrogens (primary N) is 1. The van der Waals surface area contributed by atoms with Crippen LogP contribution in [0.2, 0.25) is 0 Å². The lowest BCUT2D eigenvalue weighted by Crippen LogP contribution is -1.99. The average molecular weight is 345 g/mol. The number of benzene rings is 1. The number of rotatable bonds is 4. The molecule has 3 rings (SSSR count). The lowest BCUT2D eigenvalue weighted by molar-refractivity contribution is 0.424. The summed E-state index contributed by atoms with van der Waals surface area (Å²) in [5.74, 6) is 1.13. The van der Waals surface area contributed by atoms with Gasteiger partial charge in [-0.3, -0.25) is 4.98 Å². The van der Waals surface area contributed by atoms with E-state index in [1.165, 1.54) is 0 Å². The highest BCUT2D eigenvalue weighted by molar-refractivity contribution is 9.10. The Labute approximate surface area is 130 Å². The number of aromatic nitrogens is 3. The van der Waals surface area contributed by atoms with Gasteiger partial charge in [-0.2, -0.15) is 4.98 Å². The second-order valence-corrected chi connectivity index (χ2v) is 5.48. The van der Waals surface area contributed by atoms with Gasteiger partial charge in [0.15, 0.2) is 5.82 Å². The monoisotopic (exact) mass is 344 g/mol. The minimum atomic E-state index is 0.382. The van der Waals surface area contributed by atoms with Crippen LogP contribution in [0.5, 0.6) is 0 Å². The van der Waals surface area contributed by atoms with Crippen LogP contribution in [0.4, 0.5) is 0 Å². The van der Waals surface area contributed by atoms with E-state index < -0.39 is 0 Å². The Morgan fingerprint density at radius 1 is 1.19 bits per heavy atom. The standard InChI is InChI=1S/C15H13BrN4O/c16-12-3-1-2-10(6-12)7-14-19-15(21-20-14)11-4-5-18-13(8-11)9-17/h1-6,8H,7,9,17H2. The van der Waals surface area contributed by atoms with Crippen molar-refractivity contribution in [3.8, 4) is 11.5 Å². The molecule has 0 bridgehead atoms. The van der Waals surface area contributed by atoms with Crippen LogP contribution in [0.15, 0.2) is 51.6 Å². The molecular weight excluding hydrogens is 332 g/mol. The van der Waals surface area contributed by atoms with Crippen LogP contribution in [0, 0.1) is 0 Å². The van der Waals surface area contributed by atoms with Crippen molar-refractivity contribution in [2.75, 3.05) is 0 Å². The molecule has 2 aromatic heterocycles. The first-order valence-electron chi connectivity index (χ1n) is 6.47. The van der Waals surface area contributed by atoms with Gasteiger partial charge in [-0.05, 0) is 29.8 Å². The number of halogens is 1. The molecule has 1 aromatic carbocycles. The van der Waals surface area contributed by atoms with E-state index in [0.717, 1.165) is 21.3 Å². The lowest BCUT2D eigenvalue weighted by Gasteiger charge is -1.98. The van der Waals surface area contributed by atoms with E-state index in [4.69, 9.17) is 10.3 Å². The van der Waals surface area contributed by atoms with Crippen molar-refractivity contribution in [2.24, 2.45) is 5.73 Å². The van der Waals surface area contributed by atoms with Crippen LogP contribution >= 0.6 is 15.9 Å². The molecule has 0 aliphatic carbocycles. The van der Waals surface area contributed by atoms with Crippen LogP contribution in [0.3, 0.4) is 0 Å². The summed E-state index contributed by atoms with van der Waals surface area (Å²) in [6, 6.07) is 11.7. The van der Waals surface area contributed by atoms with E-state index in [1.807, 2.05) is 36.4 Å². The van der Waals surface area contributed by atoms with E-state index in [1.54, 1.807) is 6.20 Å². The van der Waals surface area contributed by atoms with Crippen molar-refractivity contribution in [2.45, 2.75) is 13.0 Å². The minimum absolute atomic E-state index is 0.382. The molecule has 2 heterocycles. The van der Waals surface area contributed by atoms with Gasteiger partial charge in [-0.25, -0.2) is 0 Å². The number of hydrogen-bond acceptors (Lipinski definition) is 5. The van der Waals surface area contributed by atoms with E-state index in [2.05, 4.69) is 31.1 Å². The Hall–Kier alpha value is -2.05. The van der Waals surface area contributed by atoms with Crippen LogP contribution < -0.4 is 5.73 Å². The predicted molar refractivity (Wildman–Crippen MR) is 82.4 cm³/mol. The maximum atomic E-state index is 5.58. The quantitative estimate of drug-likeness (QED) is 0.787. The topological polar surface area (TPSA) is 77.8 Å². The molecule has 21 heavy (non-hydrogen) atoms. The molecule has 0 saturated carbocycles. The van der Waals surface area contributed by atoms with Crippen molar-refractivity contribution >= 4 is 15.9 Å². The third kappa shape index (κ3) is 3.34. The maximum Gasteiger partial charge on any atom is 0.258 e. The number of pyridine rings is 1. The molecule has 0 aliphatic rings. The third-order valence-corrected chi connectivity index (χ3v) is 3.49. The molecule has 5 nitrogen and oxygen atoms in total. The molecule has 0 fully saturated rings. The normalized spacial score (nSPS) is 10.8. The van der Waals surface area contributed by atoms with Crippen molar-refractivity contribution in [1.82, 2.24) is 15.1 Å². The summed E-state index contributed by atoms with van der Waals surface area (Å²) >= 11 is 3.45. The highest BCUT2D eigenvalue weighted by atomic mass is 79.9. The highest BCUT2D eigenvalue weighted by Gasteiger charge is 2.10. The zero-order valence-electron chi connectivity index (χ0n) is 11.2. The first-order valence-corrected chi connectivity index (χ1v) is 7.26. The molecule has 0 saturated heterocycles. The van der Waals surface area contributed by atoms with Gasteiger partial charge in [0, 0.05) is 29.2 Å². The molecule has 0 radical (unpaired) electrons. The second kappa shape index (κ2) is 6.15. The number of hydrogen-bond donors (Lipinski definition) is 1. The first-order chi connectivity index (χ1) is 10.2. The molecule has 0 spiro atoms. The fraction of sp³-hybridized carbons (Fsp3) is 0.133. The van der Waals surface area contributed by atoms with Gasteiger partial charge in [-0.15, -0.1) is 0 Å². The van der Waals surface area contributed by atoms with Gasteiger partial charge in [0.1, 0.15) is 0 Å². The molecule has 0 atom stereocenters. The molecule has 0 unspecified atom stereocenters. The molecule has 0 aliphatic heterocycles. The average Bonchev–Trinajstić information content (AvgIpc) is 2.96. The largest absolute Gasteiger partial charge is 0.334 e. The predicted octanol–water partition coefficient (Wildman–Crippen LogP) is 2.94. The summed E-state index contributed by atoms with van der Waals surface area (Å²) in [5.41, 5.74) is 8.33. The summed E-state index contributed by atoms with van der Waals surface area (Å²) < 4.78 is 6.34. The van der Waals surface area contributed by atoms with Gasteiger partial charge in [0.25, 0.3) is 5.89 Å². The molecule has 6 heteroatoms. The van der Waals surface area contributed by atoms with Gasteiger partial charge in [0.2, 0.25) is 0 Å². The summed E-state index contributed by atoms with van der Waals surface area (Å²) in [4.78, 5) is 8.57. The Balaban J connectivity index is 1.82. The minimum Gasteiger partial charge on any atom is -0.334 e. The third-order valence-electron chi connectivity index (χ3n) is 2.99. The molecular formula is C15H13BrN4O. The van der Waals surface area contributed by atoms with E-state index in [-0.39, 0.29) is 0 Å². The first kappa shape index (κ1) is 13.9. The van der Waals surface area contributed by atoms with Crippen LogP contribution in [-0.2, 0) is 13.0 Å². The van der Waals surface area contributed by atoms with Crippen molar-refractivity contribution in [1.29, 1.82) is 0 Å². The summed E-state index contributed by atoms with van der Waals surface area (Å²) in [5, 5.41) is 4.02. The Kier molecular flexibility index (Phi) is 4.08. The fourth-order valence-corrected chi connectivity index (χ4v) is 2.44. The summed E-state index contributed by atoms with van der Waals surface area (Å²) in [7, 11) is 0. The van der Waals surface area contributed by atoms with Gasteiger partial charge in [0.05, 0.1) is 5.69 Å². The SMILES string of the molecule is NCc1cc(-c2nc(Cc3cccc(Br)c3)no2)ccn1. The van der Waals surface area contributed by atoms with Crippen molar-refractivity contribution in [3.63, 3.8) is 0 Å². The lowest BCUT2D eigenvalue weighted by atomic mass is 10.1. The van der Waals surface area contributed by atoms with Crippen LogP contribution in [0.1, 0.15) is 17.1 Å². The zero-order chi connectivity index (χ0) is 14.7. The van der Waals surface area contributed by atoms with Gasteiger partial charge >= 0.3 is 0 Å². The maximum absolute atomic E-state index is 5.58. The zero-order valence-corrected chi connectivity index (χ0v) is 12.7. The van der Waals surface area contributed by atoms with Crippen LogP contribution in [0.25, 0.3) is 11.5 Å². The summed E-state index contributed by atoms with van der Waals surface area (Å²) in [6.07, 6.45) is 2.31. The molecule has 0 amide bonds. The smallest absolute Gasteiger partial charge is 0.258 e. The van der Waals surface area contributed by atoms with Crippen LogP contribution in [-0.4, -0.2) is 15.1 Å². The van der Waals surface area contributed by atoms with E-state index in [0.29, 0.717) is 24.7 Å². The van der Waals surface area contributed by atoms with E-state index >= 15 is 0 Å². The molecule has 3 aromatic rings. The van der Waals surface area contributed by atoms with Crippen molar-refractivity contribution < 1.29 is 4.52 Å². The second-order valence-electron chi connectivity index (χ2n) is 4.56. The Morgan fingerprint density at radius 2 is 2.10 bits per heavy atom. The Bertz CT molecular complexity index is 757. The summed E-state index contributed by atoms with van der Waals surface area (Å²) in [6.45, 7) is 0.382. The Morgan fingerprint density at radius 3 is 2.90 bits per heavy atom. The molecule has 106 valence electrons. The van der Waals surface area contributed by atoms with E-state index in [9.17, 15) is 0 Å². The molecule has 2 N–H and O–H groups in total. The van der Waals surface area contributed by atoms with Crippen molar-refractivity contribution in [3.05, 3.63) is 64.1 Å². The van der Waals surface area contributed by atoms with Gasteiger partial charge < -0.3 is 10.3 Å². The number of nitrogens with zero attached hydrogens (tertiary/aromatic N) is 3.